The molecule has 150 valence electrons. The predicted octanol–water partition coefficient (Wildman–Crippen LogP) is 3.17. The van der Waals surface area contributed by atoms with Gasteiger partial charge in [-0.1, -0.05) is 19.1 Å². The molecule has 1 heterocycles. The summed E-state index contributed by atoms with van der Waals surface area (Å²) < 4.78 is 13.6. The molecule has 0 bridgehead atoms. The first-order valence-electron chi connectivity index (χ1n) is 9.87. The second-order valence-electron chi connectivity index (χ2n) is 7.59. The Labute approximate surface area is 165 Å². The summed E-state index contributed by atoms with van der Waals surface area (Å²) in [6.45, 7) is 2.95. The molecule has 0 saturated heterocycles. The second-order valence-corrected chi connectivity index (χ2v) is 7.59. The summed E-state index contributed by atoms with van der Waals surface area (Å²) in [4.78, 5) is 15.6. The van der Waals surface area contributed by atoms with Crippen molar-refractivity contribution in [1.82, 2.24) is 10.3 Å². The predicted molar refractivity (Wildman–Crippen MR) is 112 cm³/mol. The Morgan fingerprint density at radius 1 is 1.39 bits per heavy atom. The van der Waals surface area contributed by atoms with Crippen LogP contribution in [0.3, 0.4) is 0 Å². The molecule has 6 N–H and O–H groups in total. The molecule has 3 rings (SSSR count). The monoisotopic (exact) mass is 384 g/mol. The van der Waals surface area contributed by atoms with Crippen molar-refractivity contribution in [2.24, 2.45) is 17.4 Å². The molecular weight excluding hydrogens is 355 g/mol. The molecule has 0 spiro atoms. The molecule has 1 unspecified atom stereocenters. The average Bonchev–Trinajstić information content (AvgIpc) is 3.08. The van der Waals surface area contributed by atoms with Crippen molar-refractivity contribution in [3.63, 3.8) is 0 Å². The van der Waals surface area contributed by atoms with E-state index in [9.17, 15) is 9.18 Å². The van der Waals surface area contributed by atoms with E-state index in [1.54, 1.807) is 6.08 Å². The van der Waals surface area contributed by atoms with Crippen LogP contribution >= 0.6 is 0 Å². The topological polar surface area (TPSA) is 96.9 Å². The van der Waals surface area contributed by atoms with Crippen LogP contribution in [-0.4, -0.2) is 30.0 Å². The van der Waals surface area contributed by atoms with E-state index in [2.05, 4.69) is 16.4 Å². The van der Waals surface area contributed by atoms with Crippen LogP contribution in [0.15, 0.2) is 42.4 Å². The van der Waals surface area contributed by atoms with Crippen LogP contribution in [0, 0.1) is 5.92 Å². The molecule has 0 radical (unpaired) electrons. The molecule has 5 nitrogen and oxygen atoms in total. The number of H-pyrrole nitrogens is 1. The van der Waals surface area contributed by atoms with E-state index < -0.39 is 0 Å². The summed E-state index contributed by atoms with van der Waals surface area (Å²) >= 11 is 0. The number of aromatic amines is 1. The third kappa shape index (κ3) is 4.88. The largest absolute Gasteiger partial charge is 0.361 e. The zero-order chi connectivity index (χ0) is 20.1. The number of aromatic nitrogens is 1. The first-order valence-corrected chi connectivity index (χ1v) is 9.87. The molecule has 6 heteroatoms. The van der Waals surface area contributed by atoms with Crippen LogP contribution in [0.4, 0.5) is 4.39 Å². The summed E-state index contributed by atoms with van der Waals surface area (Å²) in [5, 5.41) is 3.92. The van der Waals surface area contributed by atoms with Gasteiger partial charge in [-0.05, 0) is 60.7 Å². The molecule has 0 saturated carbocycles. The summed E-state index contributed by atoms with van der Waals surface area (Å²) in [5.41, 5.74) is 15.6. The van der Waals surface area contributed by atoms with E-state index in [1.807, 2.05) is 31.3 Å². The van der Waals surface area contributed by atoms with E-state index in [0.717, 1.165) is 40.4 Å². The fraction of sp³-hybridized carbons (Fsp3) is 0.409. The molecule has 0 aliphatic heterocycles. The zero-order valence-electron chi connectivity index (χ0n) is 16.3. The highest BCUT2D eigenvalue weighted by Crippen LogP contribution is 2.33. The number of carbonyl (C=O) groups excluding carboxylic acids is 1. The summed E-state index contributed by atoms with van der Waals surface area (Å²) in [6, 6.07) is 6.05. The molecule has 2 atom stereocenters. The number of carbonyl (C=O) groups is 1. The third-order valence-corrected chi connectivity index (χ3v) is 5.27. The molecule has 1 aliphatic carbocycles. The minimum atomic E-state index is -0.101. The van der Waals surface area contributed by atoms with Crippen LogP contribution in [0.1, 0.15) is 37.3 Å². The summed E-state index contributed by atoms with van der Waals surface area (Å²) in [6.07, 6.45) is 7.89. The Bertz CT molecular complexity index is 899. The zero-order valence-corrected chi connectivity index (χ0v) is 16.3. The Hall–Kier alpha value is -2.44. The number of nitrogens with two attached hydrogens (primary N) is 2. The van der Waals surface area contributed by atoms with Crippen molar-refractivity contribution in [2.45, 2.75) is 38.6 Å². The molecule has 1 aromatic heterocycles. The molecule has 1 amide bonds. The quantitative estimate of drug-likeness (QED) is 0.563. The van der Waals surface area contributed by atoms with Crippen molar-refractivity contribution in [2.75, 3.05) is 13.1 Å². The first kappa shape index (κ1) is 20.3. The molecule has 0 fully saturated rings. The first-order chi connectivity index (χ1) is 13.5. The number of rotatable bonds is 8. The van der Waals surface area contributed by atoms with Crippen LogP contribution in [0.5, 0.6) is 0 Å². The van der Waals surface area contributed by atoms with Crippen LogP contribution in [-0.2, 0) is 11.2 Å². The minimum absolute atomic E-state index is 0.0509. The number of halogens is 1. The van der Waals surface area contributed by atoms with E-state index in [1.165, 1.54) is 0 Å². The lowest BCUT2D eigenvalue weighted by atomic mass is 9.89. The number of benzene rings is 1. The van der Waals surface area contributed by atoms with Gasteiger partial charge in [0, 0.05) is 35.6 Å². The van der Waals surface area contributed by atoms with Crippen molar-refractivity contribution in [3.05, 3.63) is 53.5 Å². The molecule has 2 aromatic rings. The number of hydrogen-bond acceptors (Lipinski definition) is 3. The number of fused-ring (bicyclic) bond motifs is 1. The van der Waals surface area contributed by atoms with Gasteiger partial charge in [0.15, 0.2) is 0 Å². The molecule has 1 aromatic carbocycles. The van der Waals surface area contributed by atoms with Crippen molar-refractivity contribution < 1.29 is 9.18 Å². The SMILES string of the molecule is CC1CC(c2ccc3[nH]cc(CC(=O)NC[C@@H](N)CCCN)c3c2)=CC=C1F. The number of nitrogens with one attached hydrogen (secondary N) is 2. The van der Waals surface area contributed by atoms with Gasteiger partial charge in [-0.3, -0.25) is 4.79 Å². The Morgan fingerprint density at radius 3 is 2.96 bits per heavy atom. The molecule has 28 heavy (non-hydrogen) atoms. The fourth-order valence-corrected chi connectivity index (χ4v) is 3.54. The van der Waals surface area contributed by atoms with Crippen molar-refractivity contribution >= 4 is 22.4 Å². The van der Waals surface area contributed by atoms with Crippen molar-refractivity contribution in [3.8, 4) is 0 Å². The van der Waals surface area contributed by atoms with E-state index >= 15 is 0 Å². The van der Waals surface area contributed by atoms with Gasteiger partial charge in [0.05, 0.1) is 6.42 Å². The average molecular weight is 384 g/mol. The van der Waals surface area contributed by atoms with Gasteiger partial charge in [0.1, 0.15) is 5.83 Å². The smallest absolute Gasteiger partial charge is 0.224 e. The van der Waals surface area contributed by atoms with Gasteiger partial charge in [-0.15, -0.1) is 0 Å². The number of amides is 1. The second kappa shape index (κ2) is 9.17. The Balaban J connectivity index is 1.70. The number of allylic oxidation sites excluding steroid dienone is 4. The lowest BCUT2D eigenvalue weighted by molar-refractivity contribution is -0.120. The van der Waals surface area contributed by atoms with E-state index in [0.29, 0.717) is 19.5 Å². The van der Waals surface area contributed by atoms with Crippen LogP contribution < -0.4 is 16.8 Å². The van der Waals surface area contributed by atoms with E-state index in [4.69, 9.17) is 11.5 Å². The molecular formula is C22H29FN4O. The molecule has 1 aliphatic rings. The van der Waals surface area contributed by atoms with Gasteiger partial charge >= 0.3 is 0 Å². The highest BCUT2D eigenvalue weighted by atomic mass is 19.1. The summed E-state index contributed by atoms with van der Waals surface area (Å²) in [7, 11) is 0. The third-order valence-electron chi connectivity index (χ3n) is 5.27. The lowest BCUT2D eigenvalue weighted by Crippen LogP contribution is -2.38. The maximum Gasteiger partial charge on any atom is 0.224 e. The van der Waals surface area contributed by atoms with Gasteiger partial charge in [0.2, 0.25) is 5.91 Å². The summed E-state index contributed by atoms with van der Waals surface area (Å²) in [5.74, 6) is -0.228. The fourth-order valence-electron chi connectivity index (χ4n) is 3.54. The van der Waals surface area contributed by atoms with E-state index in [-0.39, 0.29) is 30.1 Å². The van der Waals surface area contributed by atoms with Gasteiger partial charge in [-0.25, -0.2) is 4.39 Å². The normalized spacial score (nSPS) is 17.9. The van der Waals surface area contributed by atoms with Crippen LogP contribution in [0.25, 0.3) is 16.5 Å². The highest BCUT2D eigenvalue weighted by molar-refractivity contribution is 5.91. The van der Waals surface area contributed by atoms with Crippen molar-refractivity contribution in [1.29, 1.82) is 0 Å². The number of hydrogen-bond donors (Lipinski definition) is 4. The minimum Gasteiger partial charge on any atom is -0.361 e. The highest BCUT2D eigenvalue weighted by Gasteiger charge is 2.17. The standard InChI is InChI=1S/C22H29FN4O/c1-14-9-15(4-6-20(14)23)16-5-7-21-19(10-16)17(12-26-21)11-22(28)27-13-18(25)3-2-8-24/h4-7,10,12,14,18,26H,2-3,8-9,11,13,24-25H2,1H3,(H,27,28)/t14?,18-/m0/s1. The Morgan fingerprint density at radius 2 is 2.21 bits per heavy atom. The van der Waals surface area contributed by atoms with Gasteiger partial charge in [0.25, 0.3) is 0 Å². The maximum atomic E-state index is 13.6. The van der Waals surface area contributed by atoms with Crippen LogP contribution in [0.2, 0.25) is 0 Å². The van der Waals surface area contributed by atoms with Gasteiger partial charge < -0.3 is 21.8 Å². The maximum absolute atomic E-state index is 13.6. The lowest BCUT2D eigenvalue weighted by Gasteiger charge is -2.17. The Kier molecular flexibility index (Phi) is 6.65. The van der Waals surface area contributed by atoms with Gasteiger partial charge in [-0.2, -0.15) is 0 Å².